The predicted molar refractivity (Wildman–Crippen MR) is 93.1 cm³/mol. The van der Waals surface area contributed by atoms with Gasteiger partial charge >= 0.3 is 0 Å². The van der Waals surface area contributed by atoms with Crippen LogP contribution in [0.15, 0.2) is 24.4 Å². The number of carbonyl (C=O) groups excluding carboxylic acids is 1. The number of fused-ring (bicyclic) bond motifs is 1. The Balaban J connectivity index is 1.98. The average Bonchev–Trinajstić information content (AvgIpc) is 2.55. The summed E-state index contributed by atoms with van der Waals surface area (Å²) in [5.74, 6) is 0.476. The molecule has 122 valence electrons. The zero-order valence-electron chi connectivity index (χ0n) is 13.7. The van der Waals surface area contributed by atoms with E-state index in [2.05, 4.69) is 15.6 Å². The van der Waals surface area contributed by atoms with Crippen molar-refractivity contribution in [1.29, 1.82) is 0 Å². The molecular weight excluding hydrogens is 290 g/mol. The first-order valence-corrected chi connectivity index (χ1v) is 8.19. The van der Waals surface area contributed by atoms with Crippen LogP contribution >= 0.6 is 0 Å². The van der Waals surface area contributed by atoms with Crippen LogP contribution in [0.2, 0.25) is 0 Å². The summed E-state index contributed by atoms with van der Waals surface area (Å²) in [6.45, 7) is 1.48. The lowest BCUT2D eigenvalue weighted by molar-refractivity contribution is -0.114. The van der Waals surface area contributed by atoms with E-state index < -0.39 is 0 Å². The molecular formula is C18H23N3O2. The molecule has 1 aromatic heterocycles. The van der Waals surface area contributed by atoms with Crippen LogP contribution in [0, 0.1) is 0 Å². The quantitative estimate of drug-likeness (QED) is 0.897. The predicted octanol–water partition coefficient (Wildman–Crippen LogP) is 3.95. The molecule has 1 fully saturated rings. The SMILES string of the molecule is COc1c(NC(C)=O)ccc2c(NC3CCCCC3)ccnc12. The number of rotatable bonds is 4. The molecule has 23 heavy (non-hydrogen) atoms. The average molecular weight is 313 g/mol. The Hall–Kier alpha value is -2.30. The molecule has 0 radical (unpaired) electrons. The fraction of sp³-hybridized carbons (Fsp3) is 0.444. The molecule has 1 aliphatic rings. The maximum Gasteiger partial charge on any atom is 0.221 e. The minimum Gasteiger partial charge on any atom is -0.492 e. The monoisotopic (exact) mass is 313 g/mol. The normalized spacial score (nSPS) is 15.4. The van der Waals surface area contributed by atoms with E-state index in [-0.39, 0.29) is 5.91 Å². The van der Waals surface area contributed by atoms with Gasteiger partial charge in [-0.2, -0.15) is 0 Å². The first-order chi connectivity index (χ1) is 11.2. The van der Waals surface area contributed by atoms with Crippen LogP contribution in [0.5, 0.6) is 5.75 Å². The number of carbonyl (C=O) groups is 1. The van der Waals surface area contributed by atoms with Crippen LogP contribution in [0.3, 0.4) is 0 Å². The van der Waals surface area contributed by atoms with E-state index in [1.165, 1.54) is 39.0 Å². The van der Waals surface area contributed by atoms with Crippen molar-refractivity contribution in [3.05, 3.63) is 24.4 Å². The molecule has 0 bridgehead atoms. The standard InChI is InChI=1S/C18H23N3O2/c1-12(22)20-16-9-8-14-15(21-13-6-4-3-5-7-13)10-11-19-17(14)18(16)23-2/h8-11,13H,3-7H2,1-2H3,(H,19,21)(H,20,22). The summed E-state index contributed by atoms with van der Waals surface area (Å²) >= 11 is 0. The summed E-state index contributed by atoms with van der Waals surface area (Å²) in [5, 5.41) is 7.46. The Morgan fingerprint density at radius 1 is 1.17 bits per heavy atom. The van der Waals surface area contributed by atoms with E-state index in [4.69, 9.17) is 4.74 Å². The van der Waals surface area contributed by atoms with Crippen molar-refractivity contribution in [2.75, 3.05) is 17.7 Å². The molecule has 0 spiro atoms. The van der Waals surface area contributed by atoms with Gasteiger partial charge in [-0.1, -0.05) is 19.3 Å². The highest BCUT2D eigenvalue weighted by Crippen LogP contribution is 2.36. The Labute approximate surface area is 136 Å². The third-order valence-electron chi connectivity index (χ3n) is 4.35. The maximum absolute atomic E-state index is 11.3. The molecule has 0 aliphatic heterocycles. The first kappa shape index (κ1) is 15.6. The third kappa shape index (κ3) is 3.38. The summed E-state index contributed by atoms with van der Waals surface area (Å²) in [4.78, 5) is 15.8. The minimum absolute atomic E-state index is 0.126. The second-order valence-corrected chi connectivity index (χ2v) is 6.06. The van der Waals surface area contributed by atoms with Gasteiger partial charge < -0.3 is 15.4 Å². The highest BCUT2D eigenvalue weighted by atomic mass is 16.5. The van der Waals surface area contributed by atoms with Gasteiger partial charge in [0.05, 0.1) is 12.8 Å². The zero-order valence-corrected chi connectivity index (χ0v) is 13.7. The Bertz CT molecular complexity index is 709. The molecule has 3 rings (SSSR count). The first-order valence-electron chi connectivity index (χ1n) is 8.19. The number of aromatic nitrogens is 1. The van der Waals surface area contributed by atoms with Gasteiger partial charge in [-0.3, -0.25) is 9.78 Å². The molecule has 0 saturated heterocycles. The number of methoxy groups -OCH3 is 1. The van der Waals surface area contributed by atoms with E-state index in [1.54, 1.807) is 13.3 Å². The molecule has 2 aromatic rings. The van der Waals surface area contributed by atoms with Crippen molar-refractivity contribution >= 4 is 28.2 Å². The van der Waals surface area contributed by atoms with Gasteiger partial charge in [0.2, 0.25) is 5.91 Å². The Morgan fingerprint density at radius 2 is 1.96 bits per heavy atom. The number of hydrogen-bond donors (Lipinski definition) is 2. The van der Waals surface area contributed by atoms with Crippen LogP contribution in [0.4, 0.5) is 11.4 Å². The number of nitrogens with zero attached hydrogens (tertiary/aromatic N) is 1. The molecule has 5 heteroatoms. The molecule has 2 N–H and O–H groups in total. The number of nitrogens with one attached hydrogen (secondary N) is 2. The Morgan fingerprint density at radius 3 is 2.65 bits per heavy atom. The largest absolute Gasteiger partial charge is 0.492 e. The van der Waals surface area contributed by atoms with E-state index in [0.29, 0.717) is 17.5 Å². The van der Waals surface area contributed by atoms with Crippen LogP contribution in [0.25, 0.3) is 10.9 Å². The van der Waals surface area contributed by atoms with Crippen molar-refractivity contribution < 1.29 is 9.53 Å². The van der Waals surface area contributed by atoms with Gasteiger partial charge in [-0.05, 0) is 31.0 Å². The topological polar surface area (TPSA) is 63.2 Å². The molecule has 0 atom stereocenters. The van der Waals surface area contributed by atoms with Gasteiger partial charge in [-0.25, -0.2) is 0 Å². The van der Waals surface area contributed by atoms with Crippen molar-refractivity contribution in [1.82, 2.24) is 4.98 Å². The lowest BCUT2D eigenvalue weighted by Gasteiger charge is -2.24. The number of pyridine rings is 1. The summed E-state index contributed by atoms with van der Waals surface area (Å²) in [6.07, 6.45) is 8.12. The molecule has 0 unspecified atom stereocenters. The molecule has 1 aliphatic carbocycles. The summed E-state index contributed by atoms with van der Waals surface area (Å²) in [7, 11) is 1.60. The van der Waals surface area contributed by atoms with Crippen molar-refractivity contribution in [3.63, 3.8) is 0 Å². The van der Waals surface area contributed by atoms with Crippen LogP contribution < -0.4 is 15.4 Å². The zero-order chi connectivity index (χ0) is 16.2. The van der Waals surface area contributed by atoms with Crippen molar-refractivity contribution in [2.45, 2.75) is 45.1 Å². The fourth-order valence-corrected chi connectivity index (χ4v) is 3.28. The number of benzene rings is 1. The second kappa shape index (κ2) is 6.86. The third-order valence-corrected chi connectivity index (χ3v) is 4.35. The summed E-state index contributed by atoms with van der Waals surface area (Å²) in [6, 6.07) is 6.39. The highest BCUT2D eigenvalue weighted by molar-refractivity contribution is 6.01. The summed E-state index contributed by atoms with van der Waals surface area (Å²) < 4.78 is 5.50. The van der Waals surface area contributed by atoms with Crippen LogP contribution in [-0.2, 0) is 4.79 Å². The lowest BCUT2D eigenvalue weighted by Crippen LogP contribution is -2.22. The van der Waals surface area contributed by atoms with E-state index in [0.717, 1.165) is 16.6 Å². The van der Waals surface area contributed by atoms with Crippen LogP contribution in [-0.4, -0.2) is 24.0 Å². The van der Waals surface area contributed by atoms with Gasteiger partial charge in [0, 0.05) is 30.2 Å². The number of ether oxygens (including phenoxy) is 1. The van der Waals surface area contributed by atoms with E-state index >= 15 is 0 Å². The number of anilines is 2. The van der Waals surface area contributed by atoms with Crippen molar-refractivity contribution in [2.24, 2.45) is 0 Å². The summed E-state index contributed by atoms with van der Waals surface area (Å²) in [5.41, 5.74) is 2.49. The number of amides is 1. The minimum atomic E-state index is -0.126. The molecule has 1 amide bonds. The molecule has 5 nitrogen and oxygen atoms in total. The van der Waals surface area contributed by atoms with Gasteiger partial charge in [-0.15, -0.1) is 0 Å². The van der Waals surface area contributed by atoms with Gasteiger partial charge in [0.1, 0.15) is 5.52 Å². The lowest BCUT2D eigenvalue weighted by atomic mass is 9.95. The Kier molecular flexibility index (Phi) is 4.65. The van der Waals surface area contributed by atoms with Gasteiger partial charge in [0.25, 0.3) is 0 Å². The fourth-order valence-electron chi connectivity index (χ4n) is 3.28. The van der Waals surface area contributed by atoms with E-state index in [1.807, 2.05) is 18.2 Å². The number of hydrogen-bond acceptors (Lipinski definition) is 4. The smallest absolute Gasteiger partial charge is 0.221 e. The molecule has 1 aromatic carbocycles. The van der Waals surface area contributed by atoms with Crippen LogP contribution in [0.1, 0.15) is 39.0 Å². The molecule has 1 heterocycles. The highest BCUT2D eigenvalue weighted by Gasteiger charge is 2.16. The second-order valence-electron chi connectivity index (χ2n) is 6.06. The molecule has 1 saturated carbocycles. The maximum atomic E-state index is 11.3. The van der Waals surface area contributed by atoms with Crippen molar-refractivity contribution in [3.8, 4) is 5.75 Å². The van der Waals surface area contributed by atoms with E-state index in [9.17, 15) is 4.79 Å². The van der Waals surface area contributed by atoms with Gasteiger partial charge in [0.15, 0.2) is 5.75 Å².